The molecule has 6 heteroatoms. The Kier molecular flexibility index (Phi) is 4.64. The number of fused-ring (bicyclic) bond motifs is 1. The number of aryl methyl sites for hydroxylation is 1. The number of aliphatic imine (C=N–C) groups is 1. The Bertz CT molecular complexity index is 914. The van der Waals surface area contributed by atoms with Crippen LogP contribution in [-0.4, -0.2) is 21.1 Å². The maximum atomic E-state index is 6.13. The van der Waals surface area contributed by atoms with Gasteiger partial charge < -0.3 is 11.1 Å². The quantitative estimate of drug-likeness (QED) is 0.499. The molecule has 6 nitrogen and oxygen atoms in total. The van der Waals surface area contributed by atoms with Crippen LogP contribution in [0.3, 0.4) is 0 Å². The van der Waals surface area contributed by atoms with Gasteiger partial charge in [0, 0.05) is 11.3 Å². The highest BCUT2D eigenvalue weighted by Gasteiger charge is 2.13. The fraction of sp³-hybridized carbons (Fsp3) is 0.250. The van der Waals surface area contributed by atoms with Crippen molar-refractivity contribution in [2.24, 2.45) is 10.7 Å². The van der Waals surface area contributed by atoms with Crippen molar-refractivity contribution >= 4 is 11.6 Å². The van der Waals surface area contributed by atoms with E-state index in [-0.39, 0.29) is 0 Å². The minimum Gasteiger partial charge on any atom is -0.370 e. The fourth-order valence-corrected chi connectivity index (χ4v) is 3.41. The zero-order valence-electron chi connectivity index (χ0n) is 14.6. The zero-order valence-corrected chi connectivity index (χ0v) is 14.6. The van der Waals surface area contributed by atoms with Crippen LogP contribution in [0.5, 0.6) is 0 Å². The smallest absolute Gasteiger partial charge is 0.193 e. The fourth-order valence-electron chi connectivity index (χ4n) is 3.41. The second kappa shape index (κ2) is 7.39. The van der Waals surface area contributed by atoms with Gasteiger partial charge in [0.1, 0.15) is 6.33 Å². The van der Waals surface area contributed by atoms with E-state index in [1.807, 2.05) is 24.3 Å². The van der Waals surface area contributed by atoms with Crippen LogP contribution in [0.25, 0.3) is 11.4 Å². The average molecular weight is 346 g/mol. The van der Waals surface area contributed by atoms with Crippen molar-refractivity contribution in [3.63, 3.8) is 0 Å². The van der Waals surface area contributed by atoms with Crippen LogP contribution < -0.4 is 11.1 Å². The normalized spacial score (nSPS) is 14.1. The Hall–Kier alpha value is -3.15. The number of nitrogens with zero attached hydrogens (tertiary/aromatic N) is 3. The Labute approximate surface area is 152 Å². The van der Waals surface area contributed by atoms with Gasteiger partial charge in [-0.05, 0) is 54.5 Å². The van der Waals surface area contributed by atoms with Gasteiger partial charge in [0.2, 0.25) is 0 Å². The number of aromatic amines is 1. The molecule has 3 aromatic rings. The van der Waals surface area contributed by atoms with E-state index in [1.54, 1.807) is 0 Å². The highest BCUT2D eigenvalue weighted by molar-refractivity contribution is 5.93. The van der Waals surface area contributed by atoms with Gasteiger partial charge >= 0.3 is 0 Å². The molecule has 0 aliphatic heterocycles. The molecular weight excluding hydrogens is 324 g/mol. The van der Waals surface area contributed by atoms with Gasteiger partial charge in [-0.15, -0.1) is 0 Å². The van der Waals surface area contributed by atoms with E-state index in [9.17, 15) is 0 Å². The number of benzene rings is 2. The second-order valence-corrected chi connectivity index (χ2v) is 6.51. The lowest BCUT2D eigenvalue weighted by atomic mass is 9.90. The lowest BCUT2D eigenvalue weighted by Gasteiger charge is -2.19. The first-order valence-electron chi connectivity index (χ1n) is 8.92. The third-order valence-electron chi connectivity index (χ3n) is 4.71. The molecule has 0 bridgehead atoms. The topological polar surface area (TPSA) is 92.0 Å². The van der Waals surface area contributed by atoms with E-state index in [4.69, 9.17) is 5.73 Å². The molecule has 0 amide bonds. The van der Waals surface area contributed by atoms with E-state index >= 15 is 0 Å². The van der Waals surface area contributed by atoms with Crippen LogP contribution >= 0.6 is 0 Å². The van der Waals surface area contributed by atoms with E-state index in [2.05, 4.69) is 43.7 Å². The summed E-state index contributed by atoms with van der Waals surface area (Å²) in [6.45, 7) is 0.510. The minimum absolute atomic E-state index is 0.439. The van der Waals surface area contributed by atoms with Gasteiger partial charge in [-0.3, -0.25) is 5.10 Å². The summed E-state index contributed by atoms with van der Waals surface area (Å²) < 4.78 is 0. The number of H-pyrrole nitrogens is 1. The molecule has 1 aliphatic carbocycles. The van der Waals surface area contributed by atoms with Gasteiger partial charge in [0.25, 0.3) is 0 Å². The SMILES string of the molecule is NC(=NCc1cccc(-c2ncn[nH]2)c1)Nc1cccc2c1CCCC2. The molecule has 1 aromatic heterocycles. The molecule has 0 radical (unpaired) electrons. The summed E-state index contributed by atoms with van der Waals surface area (Å²) >= 11 is 0. The number of hydrogen-bond acceptors (Lipinski definition) is 3. The van der Waals surface area contributed by atoms with Crippen molar-refractivity contribution in [1.82, 2.24) is 15.2 Å². The van der Waals surface area contributed by atoms with Crippen molar-refractivity contribution in [1.29, 1.82) is 0 Å². The molecule has 4 rings (SSSR count). The van der Waals surface area contributed by atoms with Crippen molar-refractivity contribution in [3.05, 3.63) is 65.5 Å². The summed E-state index contributed by atoms with van der Waals surface area (Å²) in [7, 11) is 0. The predicted molar refractivity (Wildman–Crippen MR) is 104 cm³/mol. The van der Waals surface area contributed by atoms with Crippen molar-refractivity contribution in [2.75, 3.05) is 5.32 Å². The zero-order chi connectivity index (χ0) is 17.8. The molecule has 132 valence electrons. The Morgan fingerprint density at radius 1 is 1.15 bits per heavy atom. The summed E-state index contributed by atoms with van der Waals surface area (Å²) in [6, 6.07) is 14.4. The van der Waals surface area contributed by atoms with Gasteiger partial charge in [0.15, 0.2) is 11.8 Å². The lowest BCUT2D eigenvalue weighted by molar-refractivity contribution is 0.687. The summed E-state index contributed by atoms with van der Waals surface area (Å²) in [5, 5.41) is 10.0. The van der Waals surface area contributed by atoms with Crippen LogP contribution in [0.2, 0.25) is 0 Å². The van der Waals surface area contributed by atoms with Gasteiger partial charge in [-0.1, -0.05) is 30.3 Å². The number of hydrogen-bond donors (Lipinski definition) is 3. The number of guanidine groups is 1. The molecule has 1 heterocycles. The van der Waals surface area contributed by atoms with Crippen molar-refractivity contribution in [3.8, 4) is 11.4 Å². The van der Waals surface area contributed by atoms with Gasteiger partial charge in [-0.25, -0.2) is 9.98 Å². The first kappa shape index (κ1) is 16.3. The molecule has 0 saturated carbocycles. The van der Waals surface area contributed by atoms with Crippen LogP contribution in [0.15, 0.2) is 53.8 Å². The monoisotopic (exact) mass is 346 g/mol. The maximum absolute atomic E-state index is 6.13. The van der Waals surface area contributed by atoms with E-state index in [0.29, 0.717) is 12.5 Å². The summed E-state index contributed by atoms with van der Waals surface area (Å²) in [4.78, 5) is 8.68. The second-order valence-electron chi connectivity index (χ2n) is 6.51. The largest absolute Gasteiger partial charge is 0.370 e. The number of rotatable bonds is 4. The summed E-state index contributed by atoms with van der Waals surface area (Å²) in [5.74, 6) is 1.19. The van der Waals surface area contributed by atoms with Crippen LogP contribution in [0, 0.1) is 0 Å². The number of nitrogens with one attached hydrogen (secondary N) is 2. The van der Waals surface area contributed by atoms with Gasteiger partial charge in [0.05, 0.1) is 6.54 Å². The lowest BCUT2D eigenvalue weighted by Crippen LogP contribution is -2.24. The first-order valence-corrected chi connectivity index (χ1v) is 8.92. The maximum Gasteiger partial charge on any atom is 0.193 e. The van der Waals surface area contributed by atoms with Crippen LogP contribution in [-0.2, 0) is 19.4 Å². The highest BCUT2D eigenvalue weighted by atomic mass is 15.2. The minimum atomic E-state index is 0.439. The number of aromatic nitrogens is 3. The standard InChI is InChI=1S/C20H22N6/c21-20(25-18-10-4-7-15-6-1-2-9-17(15)18)22-12-14-5-3-8-16(11-14)19-23-13-24-26-19/h3-5,7-8,10-11,13H,1-2,6,9,12H2,(H3,21,22,25)(H,23,24,26). The summed E-state index contributed by atoms with van der Waals surface area (Å²) in [5.41, 5.74) is 12.1. The van der Waals surface area contributed by atoms with E-state index in [0.717, 1.165) is 35.5 Å². The third-order valence-corrected chi connectivity index (χ3v) is 4.71. The molecule has 26 heavy (non-hydrogen) atoms. The molecule has 4 N–H and O–H groups in total. The molecule has 0 spiro atoms. The summed E-state index contributed by atoms with van der Waals surface area (Å²) in [6.07, 6.45) is 6.25. The molecular formula is C20H22N6. The van der Waals surface area contributed by atoms with Crippen molar-refractivity contribution < 1.29 is 0 Å². The van der Waals surface area contributed by atoms with Crippen molar-refractivity contribution in [2.45, 2.75) is 32.2 Å². The molecule has 0 atom stereocenters. The van der Waals surface area contributed by atoms with Crippen LogP contribution in [0.1, 0.15) is 29.5 Å². The molecule has 0 unspecified atom stereocenters. The third kappa shape index (κ3) is 3.59. The molecule has 0 saturated heterocycles. The number of anilines is 1. The highest BCUT2D eigenvalue weighted by Crippen LogP contribution is 2.27. The molecule has 0 fully saturated rings. The molecule has 2 aromatic carbocycles. The Morgan fingerprint density at radius 2 is 2.04 bits per heavy atom. The van der Waals surface area contributed by atoms with Gasteiger partial charge in [-0.2, -0.15) is 5.10 Å². The van der Waals surface area contributed by atoms with E-state index in [1.165, 1.54) is 30.3 Å². The molecule has 1 aliphatic rings. The first-order chi connectivity index (χ1) is 12.8. The number of nitrogens with two attached hydrogens (primary N) is 1. The van der Waals surface area contributed by atoms with Crippen LogP contribution in [0.4, 0.5) is 5.69 Å². The average Bonchev–Trinajstić information content (AvgIpc) is 3.22. The Morgan fingerprint density at radius 3 is 2.92 bits per heavy atom. The predicted octanol–water partition coefficient (Wildman–Crippen LogP) is 3.28. The van der Waals surface area contributed by atoms with E-state index < -0.39 is 0 Å². The Balaban J connectivity index is 1.47.